The van der Waals surface area contributed by atoms with Crippen molar-refractivity contribution in [2.75, 3.05) is 0 Å². The van der Waals surface area contributed by atoms with E-state index in [1.807, 2.05) is 32.0 Å². The van der Waals surface area contributed by atoms with Gasteiger partial charge in [0, 0.05) is 21.0 Å². The number of nitrogens with zero attached hydrogens (tertiary/aromatic N) is 1. The summed E-state index contributed by atoms with van der Waals surface area (Å²) < 4.78 is 1.00. The molecule has 0 fully saturated rings. The molecule has 0 bridgehead atoms. The number of carbonyl (C=O) groups is 1. The van der Waals surface area contributed by atoms with Crippen molar-refractivity contribution in [3.63, 3.8) is 0 Å². The zero-order valence-electron chi connectivity index (χ0n) is 10.5. The van der Waals surface area contributed by atoms with Crippen molar-refractivity contribution >= 4 is 39.3 Å². The van der Waals surface area contributed by atoms with Gasteiger partial charge in [-0.1, -0.05) is 22.0 Å². The lowest BCUT2D eigenvalue weighted by Gasteiger charge is -2.04. The first kappa shape index (κ1) is 14.0. The summed E-state index contributed by atoms with van der Waals surface area (Å²) in [6, 6.07) is 6.05. The number of thiazole rings is 1. The van der Waals surface area contributed by atoms with Gasteiger partial charge in [-0.15, -0.1) is 11.3 Å². The number of benzene rings is 1. The zero-order chi connectivity index (χ0) is 14.0. The van der Waals surface area contributed by atoms with Gasteiger partial charge >= 0.3 is 5.97 Å². The van der Waals surface area contributed by atoms with Crippen molar-refractivity contribution in [2.45, 2.75) is 13.8 Å². The molecule has 98 valence electrons. The van der Waals surface area contributed by atoms with Crippen LogP contribution in [0.1, 0.15) is 15.4 Å². The Morgan fingerprint density at radius 3 is 2.84 bits per heavy atom. The van der Waals surface area contributed by atoms with Crippen molar-refractivity contribution in [3.05, 3.63) is 44.2 Å². The molecule has 0 saturated carbocycles. The van der Waals surface area contributed by atoms with Crippen molar-refractivity contribution < 1.29 is 9.90 Å². The first-order valence-corrected chi connectivity index (χ1v) is 7.23. The molecule has 1 aromatic heterocycles. The van der Waals surface area contributed by atoms with Gasteiger partial charge in [-0.25, -0.2) is 9.78 Å². The van der Waals surface area contributed by atoms with Crippen LogP contribution in [0.3, 0.4) is 0 Å². The summed E-state index contributed by atoms with van der Waals surface area (Å²) in [6.07, 6.45) is 2.63. The minimum atomic E-state index is -0.965. The maximum Gasteiger partial charge on any atom is 0.328 e. The smallest absolute Gasteiger partial charge is 0.328 e. The number of aryl methyl sites for hydroxylation is 2. The van der Waals surface area contributed by atoms with Gasteiger partial charge in [0.1, 0.15) is 5.01 Å². The van der Waals surface area contributed by atoms with E-state index in [0.717, 1.165) is 32.2 Å². The van der Waals surface area contributed by atoms with Crippen molar-refractivity contribution in [1.29, 1.82) is 0 Å². The van der Waals surface area contributed by atoms with E-state index in [9.17, 15) is 4.79 Å². The molecule has 0 atom stereocenters. The third-order valence-electron chi connectivity index (χ3n) is 2.64. The lowest BCUT2D eigenvalue weighted by atomic mass is 10.1. The van der Waals surface area contributed by atoms with Gasteiger partial charge in [-0.2, -0.15) is 0 Å². The SMILES string of the molecule is Cc1ccc(Br)cc1-c1nc(/C=C/C(=O)O)sc1C. The van der Waals surface area contributed by atoms with Crippen LogP contribution in [-0.2, 0) is 4.79 Å². The van der Waals surface area contributed by atoms with Crippen LogP contribution in [0.15, 0.2) is 28.7 Å². The van der Waals surface area contributed by atoms with Gasteiger partial charge in [-0.3, -0.25) is 0 Å². The number of carboxylic acid groups (broad SMARTS) is 1. The molecule has 1 N–H and O–H groups in total. The largest absolute Gasteiger partial charge is 0.478 e. The van der Waals surface area contributed by atoms with Gasteiger partial charge in [0.2, 0.25) is 0 Å². The highest BCUT2D eigenvalue weighted by Crippen LogP contribution is 2.32. The average molecular weight is 338 g/mol. The molecular weight excluding hydrogens is 326 g/mol. The standard InChI is InChI=1S/C14H12BrNO2S/c1-8-3-4-10(15)7-11(8)14-9(2)19-12(16-14)5-6-13(17)18/h3-7H,1-2H3,(H,17,18)/b6-5+. The van der Waals surface area contributed by atoms with Crippen LogP contribution in [0.2, 0.25) is 0 Å². The van der Waals surface area contributed by atoms with Crippen LogP contribution in [0, 0.1) is 13.8 Å². The van der Waals surface area contributed by atoms with Crippen molar-refractivity contribution in [3.8, 4) is 11.3 Å². The van der Waals surface area contributed by atoms with E-state index in [1.165, 1.54) is 17.4 Å². The van der Waals surface area contributed by atoms with Gasteiger partial charge in [0.05, 0.1) is 5.69 Å². The van der Waals surface area contributed by atoms with Gasteiger partial charge in [0.15, 0.2) is 0 Å². The fourth-order valence-electron chi connectivity index (χ4n) is 1.73. The summed E-state index contributed by atoms with van der Waals surface area (Å²) in [4.78, 5) is 16.1. The molecule has 2 aromatic rings. The molecule has 0 saturated heterocycles. The van der Waals surface area contributed by atoms with Crippen LogP contribution in [-0.4, -0.2) is 16.1 Å². The van der Waals surface area contributed by atoms with Crippen LogP contribution < -0.4 is 0 Å². The number of aliphatic carboxylic acids is 1. The minimum absolute atomic E-state index is 0.703. The Morgan fingerprint density at radius 1 is 1.42 bits per heavy atom. The number of aromatic nitrogens is 1. The summed E-state index contributed by atoms with van der Waals surface area (Å²) in [5.41, 5.74) is 3.12. The van der Waals surface area contributed by atoms with E-state index >= 15 is 0 Å². The fourth-order valence-corrected chi connectivity index (χ4v) is 2.93. The first-order valence-electron chi connectivity index (χ1n) is 5.62. The number of hydrogen-bond acceptors (Lipinski definition) is 3. The highest BCUT2D eigenvalue weighted by Gasteiger charge is 2.11. The Hall–Kier alpha value is -1.46. The van der Waals surface area contributed by atoms with Crippen molar-refractivity contribution in [1.82, 2.24) is 4.98 Å². The fraction of sp³-hybridized carbons (Fsp3) is 0.143. The third-order valence-corrected chi connectivity index (χ3v) is 4.07. The number of halogens is 1. The van der Waals surface area contributed by atoms with Crippen LogP contribution >= 0.6 is 27.3 Å². The minimum Gasteiger partial charge on any atom is -0.478 e. The first-order chi connectivity index (χ1) is 8.97. The maximum atomic E-state index is 10.5. The average Bonchev–Trinajstić information content (AvgIpc) is 2.71. The molecular formula is C14H12BrNO2S. The van der Waals surface area contributed by atoms with Gasteiger partial charge in [0.25, 0.3) is 0 Å². The quantitative estimate of drug-likeness (QED) is 0.850. The Labute approximate surface area is 123 Å². The Bertz CT molecular complexity index is 661. The van der Waals surface area contributed by atoms with E-state index < -0.39 is 5.97 Å². The molecule has 0 aliphatic rings. The predicted molar refractivity (Wildman–Crippen MR) is 81.4 cm³/mol. The van der Waals surface area contributed by atoms with Crippen LogP contribution in [0.4, 0.5) is 0 Å². The molecule has 3 nitrogen and oxygen atoms in total. The summed E-state index contributed by atoms with van der Waals surface area (Å²) in [5, 5.41) is 9.34. The van der Waals surface area contributed by atoms with E-state index in [-0.39, 0.29) is 0 Å². The topological polar surface area (TPSA) is 50.2 Å². The molecule has 2 rings (SSSR count). The molecule has 0 radical (unpaired) electrons. The highest BCUT2D eigenvalue weighted by atomic mass is 79.9. The second kappa shape index (κ2) is 5.67. The monoisotopic (exact) mass is 337 g/mol. The summed E-state index contributed by atoms with van der Waals surface area (Å²) >= 11 is 4.95. The van der Waals surface area contributed by atoms with Crippen molar-refractivity contribution in [2.24, 2.45) is 0 Å². The second-order valence-electron chi connectivity index (χ2n) is 4.09. The third kappa shape index (κ3) is 3.30. The van der Waals surface area contributed by atoms with Gasteiger partial charge < -0.3 is 5.11 Å². The summed E-state index contributed by atoms with van der Waals surface area (Å²) in [5.74, 6) is -0.965. The predicted octanol–water partition coefficient (Wildman–Crippen LogP) is 4.29. The van der Waals surface area contributed by atoms with Crippen LogP contribution in [0.25, 0.3) is 17.3 Å². The van der Waals surface area contributed by atoms with Gasteiger partial charge in [-0.05, 0) is 37.6 Å². The van der Waals surface area contributed by atoms with E-state index in [4.69, 9.17) is 5.11 Å². The Kier molecular flexibility index (Phi) is 4.17. The zero-order valence-corrected chi connectivity index (χ0v) is 12.9. The number of rotatable bonds is 3. The molecule has 1 heterocycles. The van der Waals surface area contributed by atoms with E-state index in [0.29, 0.717) is 5.01 Å². The molecule has 5 heteroatoms. The maximum absolute atomic E-state index is 10.5. The molecule has 0 spiro atoms. The number of carboxylic acids is 1. The van der Waals surface area contributed by atoms with E-state index in [1.54, 1.807) is 0 Å². The lowest BCUT2D eigenvalue weighted by molar-refractivity contribution is -0.131. The van der Waals surface area contributed by atoms with Crippen LogP contribution in [0.5, 0.6) is 0 Å². The highest BCUT2D eigenvalue weighted by molar-refractivity contribution is 9.10. The Morgan fingerprint density at radius 2 is 2.16 bits per heavy atom. The molecule has 0 aliphatic heterocycles. The molecule has 1 aromatic carbocycles. The Balaban J connectivity index is 2.46. The molecule has 0 unspecified atom stereocenters. The molecule has 0 amide bonds. The summed E-state index contributed by atoms with van der Waals surface area (Å²) in [6.45, 7) is 4.03. The molecule has 0 aliphatic carbocycles. The molecule has 19 heavy (non-hydrogen) atoms. The lowest BCUT2D eigenvalue weighted by Crippen LogP contribution is -1.87. The van der Waals surface area contributed by atoms with E-state index in [2.05, 4.69) is 20.9 Å². The normalized spacial score (nSPS) is 11.1. The second-order valence-corrected chi connectivity index (χ2v) is 6.24. The number of hydrogen-bond donors (Lipinski definition) is 1. The summed E-state index contributed by atoms with van der Waals surface area (Å²) in [7, 11) is 0.